The van der Waals surface area contributed by atoms with E-state index in [0.29, 0.717) is 12.3 Å². The molecule has 4 heteroatoms. The number of rotatable bonds is 3. The molecule has 0 fully saturated rings. The number of aromatic carboxylic acids is 1. The van der Waals surface area contributed by atoms with E-state index in [-0.39, 0.29) is 5.56 Å². The Kier molecular flexibility index (Phi) is 2.28. The first-order chi connectivity index (χ1) is 5.25. The summed E-state index contributed by atoms with van der Waals surface area (Å²) in [6.07, 6.45) is 1.58. The highest BCUT2D eigenvalue weighted by Gasteiger charge is 2.09. The Balaban J connectivity index is 2.87. The quantitative estimate of drug-likeness (QED) is 0.680. The van der Waals surface area contributed by atoms with Crippen molar-refractivity contribution in [2.45, 2.75) is 6.61 Å². The number of aromatic nitrogens is 1. The summed E-state index contributed by atoms with van der Waals surface area (Å²) in [5, 5.41) is 8.61. The average Bonchev–Trinajstić information content (AvgIpc) is 2.36. The fourth-order valence-electron chi connectivity index (χ4n) is 0.868. The molecular weight excluding hydrogens is 146 g/mol. The van der Waals surface area contributed by atoms with Crippen molar-refractivity contribution in [3.05, 3.63) is 23.5 Å². The summed E-state index contributed by atoms with van der Waals surface area (Å²) in [4.78, 5) is 13.3. The van der Waals surface area contributed by atoms with Crippen molar-refractivity contribution in [1.82, 2.24) is 4.98 Å². The van der Waals surface area contributed by atoms with E-state index in [1.807, 2.05) is 0 Å². The normalized spacial score (nSPS) is 9.91. The van der Waals surface area contributed by atoms with Crippen molar-refractivity contribution in [2.24, 2.45) is 0 Å². The summed E-state index contributed by atoms with van der Waals surface area (Å²) in [6, 6.07) is 1.51. The van der Waals surface area contributed by atoms with Crippen LogP contribution in [0.25, 0.3) is 0 Å². The molecule has 0 saturated carbocycles. The van der Waals surface area contributed by atoms with Crippen molar-refractivity contribution in [3.8, 4) is 0 Å². The lowest BCUT2D eigenvalue weighted by Crippen LogP contribution is -2.00. The Morgan fingerprint density at radius 2 is 2.55 bits per heavy atom. The molecule has 11 heavy (non-hydrogen) atoms. The van der Waals surface area contributed by atoms with E-state index in [0.717, 1.165) is 0 Å². The first kappa shape index (κ1) is 7.81. The fourth-order valence-corrected chi connectivity index (χ4v) is 0.868. The molecule has 2 N–H and O–H groups in total. The summed E-state index contributed by atoms with van der Waals surface area (Å²) in [5.74, 6) is -0.932. The van der Waals surface area contributed by atoms with Gasteiger partial charge in [0.25, 0.3) is 0 Å². The average molecular weight is 155 g/mol. The summed E-state index contributed by atoms with van der Waals surface area (Å²) in [6.45, 7) is 0.300. The smallest absolute Gasteiger partial charge is 0.337 e. The lowest BCUT2D eigenvalue weighted by atomic mass is 10.2. The van der Waals surface area contributed by atoms with Gasteiger partial charge in [-0.1, -0.05) is 0 Å². The topological polar surface area (TPSA) is 62.3 Å². The SMILES string of the molecule is COCc1[nH]ccc1C(=O)O. The largest absolute Gasteiger partial charge is 0.478 e. The van der Waals surface area contributed by atoms with Gasteiger partial charge < -0.3 is 14.8 Å². The van der Waals surface area contributed by atoms with Gasteiger partial charge in [0.1, 0.15) is 0 Å². The molecule has 60 valence electrons. The zero-order chi connectivity index (χ0) is 8.27. The van der Waals surface area contributed by atoms with Gasteiger partial charge in [-0.25, -0.2) is 4.79 Å². The van der Waals surface area contributed by atoms with Gasteiger partial charge in [-0.05, 0) is 6.07 Å². The molecule has 0 spiro atoms. The zero-order valence-electron chi connectivity index (χ0n) is 6.13. The van der Waals surface area contributed by atoms with Crippen molar-refractivity contribution >= 4 is 5.97 Å². The molecule has 1 heterocycles. The van der Waals surface area contributed by atoms with Crippen LogP contribution < -0.4 is 0 Å². The van der Waals surface area contributed by atoms with Gasteiger partial charge in [0.05, 0.1) is 17.9 Å². The first-order valence-corrected chi connectivity index (χ1v) is 3.14. The molecule has 0 amide bonds. The molecule has 0 atom stereocenters. The highest BCUT2D eigenvalue weighted by Crippen LogP contribution is 2.06. The minimum atomic E-state index is -0.932. The van der Waals surface area contributed by atoms with Gasteiger partial charge in [0.15, 0.2) is 0 Å². The van der Waals surface area contributed by atoms with Gasteiger partial charge in [0, 0.05) is 13.3 Å². The van der Waals surface area contributed by atoms with E-state index in [4.69, 9.17) is 9.84 Å². The van der Waals surface area contributed by atoms with Crippen molar-refractivity contribution in [2.75, 3.05) is 7.11 Å². The molecule has 1 aromatic heterocycles. The third-order valence-corrected chi connectivity index (χ3v) is 1.35. The zero-order valence-corrected chi connectivity index (χ0v) is 6.13. The van der Waals surface area contributed by atoms with Crippen LogP contribution in [-0.4, -0.2) is 23.2 Å². The van der Waals surface area contributed by atoms with Gasteiger partial charge in [0.2, 0.25) is 0 Å². The number of carbonyl (C=O) groups is 1. The van der Waals surface area contributed by atoms with Crippen LogP contribution in [0.4, 0.5) is 0 Å². The predicted molar refractivity (Wildman–Crippen MR) is 38.5 cm³/mol. The Labute approximate surface area is 63.8 Å². The van der Waals surface area contributed by atoms with E-state index in [2.05, 4.69) is 4.98 Å². The van der Waals surface area contributed by atoms with Crippen LogP contribution in [0.5, 0.6) is 0 Å². The number of ether oxygens (including phenoxy) is 1. The standard InChI is InChI=1S/C7H9NO3/c1-11-4-6-5(7(9)10)2-3-8-6/h2-3,8H,4H2,1H3,(H,9,10). The number of carboxylic acid groups (broad SMARTS) is 1. The fraction of sp³-hybridized carbons (Fsp3) is 0.286. The number of hydrogen-bond acceptors (Lipinski definition) is 2. The van der Waals surface area contributed by atoms with Crippen LogP contribution >= 0.6 is 0 Å². The van der Waals surface area contributed by atoms with E-state index in [9.17, 15) is 4.79 Å². The first-order valence-electron chi connectivity index (χ1n) is 3.14. The second-order valence-corrected chi connectivity index (χ2v) is 2.11. The molecule has 0 aliphatic carbocycles. The Bertz CT molecular complexity index is 254. The maximum absolute atomic E-state index is 10.5. The molecule has 1 aromatic rings. The number of H-pyrrole nitrogens is 1. The minimum absolute atomic E-state index is 0.270. The molecule has 0 radical (unpaired) electrons. The molecule has 0 aromatic carbocycles. The number of nitrogens with one attached hydrogen (secondary N) is 1. The number of methoxy groups -OCH3 is 1. The lowest BCUT2D eigenvalue weighted by Gasteiger charge is -1.96. The van der Waals surface area contributed by atoms with Gasteiger partial charge in [-0.15, -0.1) is 0 Å². The third kappa shape index (κ3) is 1.59. The minimum Gasteiger partial charge on any atom is -0.478 e. The summed E-state index contributed by atoms with van der Waals surface area (Å²) < 4.78 is 4.78. The van der Waals surface area contributed by atoms with Gasteiger partial charge in [-0.2, -0.15) is 0 Å². The second kappa shape index (κ2) is 3.21. The van der Waals surface area contributed by atoms with Crippen LogP contribution in [0.15, 0.2) is 12.3 Å². The molecule has 1 rings (SSSR count). The second-order valence-electron chi connectivity index (χ2n) is 2.11. The van der Waals surface area contributed by atoms with Crippen LogP contribution in [0.1, 0.15) is 16.1 Å². The van der Waals surface area contributed by atoms with Gasteiger partial charge >= 0.3 is 5.97 Å². The monoisotopic (exact) mass is 155 g/mol. The maximum atomic E-state index is 10.5. The van der Waals surface area contributed by atoms with Crippen LogP contribution in [0.3, 0.4) is 0 Å². The molecule has 4 nitrogen and oxygen atoms in total. The predicted octanol–water partition coefficient (Wildman–Crippen LogP) is 0.859. The molecule has 0 unspecified atom stereocenters. The number of carboxylic acids is 1. The van der Waals surface area contributed by atoms with E-state index >= 15 is 0 Å². The molecular formula is C7H9NO3. The molecule has 0 saturated heterocycles. The summed E-state index contributed by atoms with van der Waals surface area (Å²) >= 11 is 0. The van der Waals surface area contributed by atoms with Crippen molar-refractivity contribution < 1.29 is 14.6 Å². The third-order valence-electron chi connectivity index (χ3n) is 1.35. The Morgan fingerprint density at radius 1 is 1.82 bits per heavy atom. The Hall–Kier alpha value is -1.29. The van der Waals surface area contributed by atoms with Gasteiger partial charge in [-0.3, -0.25) is 0 Å². The van der Waals surface area contributed by atoms with Crippen molar-refractivity contribution in [3.63, 3.8) is 0 Å². The highest BCUT2D eigenvalue weighted by atomic mass is 16.5. The van der Waals surface area contributed by atoms with E-state index in [1.165, 1.54) is 13.2 Å². The van der Waals surface area contributed by atoms with Crippen molar-refractivity contribution in [1.29, 1.82) is 0 Å². The summed E-state index contributed by atoms with van der Waals surface area (Å²) in [7, 11) is 1.52. The van der Waals surface area contributed by atoms with Crippen LogP contribution in [-0.2, 0) is 11.3 Å². The van der Waals surface area contributed by atoms with Crippen LogP contribution in [0, 0.1) is 0 Å². The molecule has 0 aliphatic heterocycles. The number of hydrogen-bond donors (Lipinski definition) is 2. The molecule has 0 aliphatic rings. The van der Waals surface area contributed by atoms with E-state index in [1.54, 1.807) is 6.20 Å². The Morgan fingerprint density at radius 3 is 3.09 bits per heavy atom. The summed E-state index contributed by atoms with van der Waals surface area (Å²) in [5.41, 5.74) is 0.867. The molecule has 0 bridgehead atoms. The lowest BCUT2D eigenvalue weighted by molar-refractivity contribution is 0.0692. The number of aromatic amines is 1. The maximum Gasteiger partial charge on any atom is 0.337 e. The van der Waals surface area contributed by atoms with Crippen LogP contribution in [0.2, 0.25) is 0 Å². The highest BCUT2D eigenvalue weighted by molar-refractivity contribution is 5.88. The van der Waals surface area contributed by atoms with E-state index < -0.39 is 5.97 Å².